The summed E-state index contributed by atoms with van der Waals surface area (Å²) >= 11 is 3.12. The monoisotopic (exact) mass is 397 g/mol. The molecular weight excluding hydrogens is 390 g/mol. The molecule has 0 heterocycles. The molecule has 0 bridgehead atoms. The Hall–Kier alpha value is -1.61. The average molecular weight is 398 g/mol. The molecule has 0 saturated carbocycles. The molecule has 0 aliphatic rings. The van der Waals surface area contributed by atoms with E-state index in [0.29, 0.717) is 10.5 Å². The molecule has 9 heteroatoms. The number of alkyl halides is 3. The summed E-state index contributed by atoms with van der Waals surface area (Å²) in [6, 6.07) is 7.73. The fraction of sp³-hybridized carbons (Fsp3) is 0.0769. The van der Waals surface area contributed by atoms with Gasteiger partial charge in [0.1, 0.15) is 0 Å². The first-order chi connectivity index (χ1) is 10.1. The van der Waals surface area contributed by atoms with Gasteiger partial charge in [-0.3, -0.25) is 4.72 Å². The number of halogens is 5. The van der Waals surface area contributed by atoms with E-state index >= 15 is 0 Å². The van der Waals surface area contributed by atoms with E-state index in [-0.39, 0.29) is 4.90 Å². The highest BCUT2D eigenvalue weighted by Crippen LogP contribution is 2.34. The molecule has 0 unspecified atom stereocenters. The van der Waals surface area contributed by atoms with Crippen molar-refractivity contribution in [1.29, 1.82) is 0 Å². The predicted molar refractivity (Wildman–Crippen MR) is 76.4 cm³/mol. The number of benzene rings is 2. The molecule has 0 radical (unpaired) electrons. The molecule has 0 spiro atoms. The number of anilines is 1. The number of nitrogens with one attached hydrogen (secondary N) is 1. The normalized spacial score (nSPS) is 12.2. The van der Waals surface area contributed by atoms with E-state index in [2.05, 4.69) is 15.9 Å². The first-order valence-corrected chi connectivity index (χ1v) is 8.03. The molecule has 0 saturated heterocycles. The predicted octanol–water partition coefficient (Wildman–Crippen LogP) is 4.41. The number of rotatable bonds is 3. The van der Waals surface area contributed by atoms with Gasteiger partial charge in [-0.2, -0.15) is 13.2 Å². The van der Waals surface area contributed by atoms with Crippen molar-refractivity contribution in [2.24, 2.45) is 0 Å². The zero-order valence-electron chi connectivity index (χ0n) is 10.7. The lowest BCUT2D eigenvalue weighted by molar-refractivity contribution is -0.139. The topological polar surface area (TPSA) is 46.2 Å². The van der Waals surface area contributed by atoms with Gasteiger partial charge in [-0.15, -0.1) is 0 Å². The van der Waals surface area contributed by atoms with Gasteiger partial charge in [-0.1, -0.05) is 22.0 Å². The highest BCUT2D eigenvalue weighted by molar-refractivity contribution is 9.10. The van der Waals surface area contributed by atoms with Crippen LogP contribution in [0, 0.1) is 5.82 Å². The summed E-state index contributed by atoms with van der Waals surface area (Å²) < 4.78 is 78.2. The fourth-order valence-electron chi connectivity index (χ4n) is 1.65. The summed E-state index contributed by atoms with van der Waals surface area (Å²) in [5.74, 6) is -1.67. The minimum Gasteiger partial charge on any atom is -0.277 e. The molecule has 0 fully saturated rings. The summed E-state index contributed by atoms with van der Waals surface area (Å²) in [6.07, 6.45) is -4.91. The molecule has 2 aromatic carbocycles. The Balaban J connectivity index is 2.40. The zero-order valence-corrected chi connectivity index (χ0v) is 13.1. The first kappa shape index (κ1) is 16.8. The maximum absolute atomic E-state index is 13.8. The SMILES string of the molecule is O=S(=O)(Nc1cccc(C(F)(F)F)c1F)c1ccc(Br)cc1. The van der Waals surface area contributed by atoms with Gasteiger partial charge in [0.05, 0.1) is 16.1 Å². The Labute approximate surface area is 132 Å². The van der Waals surface area contributed by atoms with E-state index in [0.717, 1.165) is 12.1 Å². The molecule has 2 rings (SSSR count). The van der Waals surface area contributed by atoms with Gasteiger partial charge >= 0.3 is 6.18 Å². The van der Waals surface area contributed by atoms with Gasteiger partial charge in [-0.05, 0) is 36.4 Å². The van der Waals surface area contributed by atoms with Crippen LogP contribution in [0.3, 0.4) is 0 Å². The van der Waals surface area contributed by atoms with E-state index in [1.165, 1.54) is 24.3 Å². The number of hydrogen-bond donors (Lipinski definition) is 1. The van der Waals surface area contributed by atoms with Crippen LogP contribution in [0.4, 0.5) is 23.2 Å². The number of sulfonamides is 1. The second-order valence-electron chi connectivity index (χ2n) is 4.22. The highest BCUT2D eigenvalue weighted by Gasteiger charge is 2.35. The first-order valence-electron chi connectivity index (χ1n) is 5.75. The summed E-state index contributed by atoms with van der Waals surface area (Å²) in [5.41, 5.74) is -2.30. The summed E-state index contributed by atoms with van der Waals surface area (Å²) in [5, 5.41) is 0. The summed E-state index contributed by atoms with van der Waals surface area (Å²) in [7, 11) is -4.19. The molecule has 3 nitrogen and oxygen atoms in total. The Kier molecular flexibility index (Phi) is 4.48. The molecule has 0 aromatic heterocycles. The zero-order chi connectivity index (χ0) is 16.5. The molecule has 2 aromatic rings. The lowest BCUT2D eigenvalue weighted by Crippen LogP contribution is -2.16. The summed E-state index contributed by atoms with van der Waals surface area (Å²) in [4.78, 5) is -0.201. The van der Waals surface area contributed by atoms with Gasteiger partial charge in [0.25, 0.3) is 10.0 Å². The van der Waals surface area contributed by atoms with Crippen molar-refractivity contribution >= 4 is 31.6 Å². The van der Waals surface area contributed by atoms with Gasteiger partial charge in [0, 0.05) is 4.47 Å². The molecular formula is C13H8BrF4NO2S. The third-order valence-corrected chi connectivity index (χ3v) is 4.58. The largest absolute Gasteiger partial charge is 0.419 e. The molecule has 22 heavy (non-hydrogen) atoms. The van der Waals surface area contributed by atoms with Gasteiger partial charge < -0.3 is 0 Å². The highest BCUT2D eigenvalue weighted by atomic mass is 79.9. The van der Waals surface area contributed by atoms with Gasteiger partial charge in [0.15, 0.2) is 5.82 Å². The second kappa shape index (κ2) is 5.88. The van der Waals surface area contributed by atoms with E-state index in [9.17, 15) is 26.0 Å². The van der Waals surface area contributed by atoms with Gasteiger partial charge in [-0.25, -0.2) is 12.8 Å². The molecule has 0 aliphatic carbocycles. The van der Waals surface area contributed by atoms with Crippen LogP contribution < -0.4 is 4.72 Å². The van der Waals surface area contributed by atoms with Crippen LogP contribution in [0.15, 0.2) is 51.8 Å². The smallest absolute Gasteiger partial charge is 0.277 e. The standard InChI is InChI=1S/C13H8BrF4NO2S/c14-8-4-6-9(7-5-8)22(20,21)19-11-3-1-2-10(12(11)15)13(16,17)18/h1-7,19H. The van der Waals surface area contributed by atoms with E-state index in [1.807, 2.05) is 4.72 Å². The maximum Gasteiger partial charge on any atom is 0.419 e. The van der Waals surface area contributed by atoms with Crippen LogP contribution in [0.2, 0.25) is 0 Å². The van der Waals surface area contributed by atoms with Crippen LogP contribution in [0.25, 0.3) is 0 Å². The molecule has 0 aliphatic heterocycles. The van der Waals surface area contributed by atoms with Crippen molar-refractivity contribution in [2.45, 2.75) is 11.1 Å². The minimum absolute atomic E-state index is 0.201. The van der Waals surface area contributed by atoms with Crippen molar-refractivity contribution in [1.82, 2.24) is 0 Å². The Bertz CT molecular complexity index is 789. The third kappa shape index (κ3) is 3.58. The van der Waals surface area contributed by atoms with Crippen molar-refractivity contribution in [3.8, 4) is 0 Å². The van der Waals surface area contributed by atoms with Crippen LogP contribution in [0.5, 0.6) is 0 Å². The molecule has 118 valence electrons. The fourth-order valence-corrected chi connectivity index (χ4v) is 2.97. The number of hydrogen-bond acceptors (Lipinski definition) is 2. The van der Waals surface area contributed by atoms with Crippen LogP contribution in [-0.2, 0) is 16.2 Å². The average Bonchev–Trinajstić information content (AvgIpc) is 2.40. The van der Waals surface area contributed by atoms with E-state index < -0.39 is 33.3 Å². The van der Waals surface area contributed by atoms with Crippen molar-refractivity contribution in [3.05, 3.63) is 58.3 Å². The van der Waals surface area contributed by atoms with Crippen molar-refractivity contribution < 1.29 is 26.0 Å². The van der Waals surface area contributed by atoms with Crippen LogP contribution >= 0.6 is 15.9 Å². The summed E-state index contributed by atoms with van der Waals surface area (Å²) in [6.45, 7) is 0. The van der Waals surface area contributed by atoms with Crippen LogP contribution in [0.1, 0.15) is 5.56 Å². The quantitative estimate of drug-likeness (QED) is 0.779. The Morgan fingerprint density at radius 1 is 1.00 bits per heavy atom. The van der Waals surface area contributed by atoms with E-state index in [1.54, 1.807) is 0 Å². The minimum atomic E-state index is -4.91. The van der Waals surface area contributed by atoms with Crippen LogP contribution in [-0.4, -0.2) is 8.42 Å². The van der Waals surface area contributed by atoms with Crippen molar-refractivity contribution in [3.63, 3.8) is 0 Å². The van der Waals surface area contributed by atoms with E-state index in [4.69, 9.17) is 0 Å². The maximum atomic E-state index is 13.8. The van der Waals surface area contributed by atoms with Gasteiger partial charge in [0.2, 0.25) is 0 Å². The van der Waals surface area contributed by atoms with Crippen molar-refractivity contribution in [2.75, 3.05) is 4.72 Å². The second-order valence-corrected chi connectivity index (χ2v) is 6.82. The molecule has 1 N–H and O–H groups in total. The lowest BCUT2D eigenvalue weighted by atomic mass is 10.2. The molecule has 0 amide bonds. The Morgan fingerprint density at radius 3 is 2.14 bits per heavy atom. The Morgan fingerprint density at radius 2 is 1.59 bits per heavy atom. The lowest BCUT2D eigenvalue weighted by Gasteiger charge is -2.13. The third-order valence-electron chi connectivity index (χ3n) is 2.67. The molecule has 0 atom stereocenters.